The lowest BCUT2D eigenvalue weighted by Gasteiger charge is -2.19. The Balaban J connectivity index is 2.19. The Kier molecular flexibility index (Phi) is 3.46. The molecule has 0 bridgehead atoms. The smallest absolute Gasteiger partial charge is 0.150 e. The number of hydrogen-bond donors (Lipinski definition) is 0. The highest BCUT2D eigenvalue weighted by Gasteiger charge is 2.07. The van der Waals surface area contributed by atoms with Gasteiger partial charge in [-0.2, -0.15) is 0 Å². The molecule has 0 amide bonds. The molecular formula is C14H17N3O. The first-order valence-corrected chi connectivity index (χ1v) is 5.85. The lowest BCUT2D eigenvalue weighted by Crippen LogP contribution is -2.19. The summed E-state index contributed by atoms with van der Waals surface area (Å²) in [6, 6.07) is 5.83. The number of aryl methyl sites for hydroxylation is 2. The third-order valence-electron chi connectivity index (χ3n) is 3.12. The van der Waals surface area contributed by atoms with Gasteiger partial charge in [0.1, 0.15) is 12.1 Å². The van der Waals surface area contributed by atoms with Crippen molar-refractivity contribution in [3.8, 4) is 0 Å². The summed E-state index contributed by atoms with van der Waals surface area (Å²) >= 11 is 0. The van der Waals surface area contributed by atoms with E-state index in [0.717, 1.165) is 35.5 Å². The highest BCUT2D eigenvalue weighted by atomic mass is 16.1. The van der Waals surface area contributed by atoms with E-state index in [9.17, 15) is 4.79 Å². The Hall–Kier alpha value is -2.10. The molecule has 0 atom stereocenters. The summed E-state index contributed by atoms with van der Waals surface area (Å²) < 4.78 is 2.00. The maximum atomic E-state index is 10.8. The quantitative estimate of drug-likeness (QED) is 0.772. The van der Waals surface area contributed by atoms with Crippen LogP contribution in [0.1, 0.15) is 21.7 Å². The van der Waals surface area contributed by atoms with Crippen LogP contribution < -0.4 is 4.90 Å². The van der Waals surface area contributed by atoms with E-state index in [-0.39, 0.29) is 0 Å². The molecule has 4 nitrogen and oxygen atoms in total. The number of rotatable bonds is 4. The third-order valence-corrected chi connectivity index (χ3v) is 3.12. The van der Waals surface area contributed by atoms with E-state index in [0.29, 0.717) is 0 Å². The van der Waals surface area contributed by atoms with Crippen LogP contribution in [0.5, 0.6) is 0 Å². The zero-order valence-electron chi connectivity index (χ0n) is 10.9. The molecule has 0 spiro atoms. The molecule has 18 heavy (non-hydrogen) atoms. The van der Waals surface area contributed by atoms with Gasteiger partial charge < -0.3 is 9.47 Å². The molecule has 1 heterocycles. The summed E-state index contributed by atoms with van der Waals surface area (Å²) in [5.74, 6) is 1.01. The first-order valence-electron chi connectivity index (χ1n) is 5.85. The number of nitrogens with zero attached hydrogens (tertiary/aromatic N) is 3. The summed E-state index contributed by atoms with van der Waals surface area (Å²) in [5.41, 5.74) is 2.82. The summed E-state index contributed by atoms with van der Waals surface area (Å²) in [7, 11) is 4.00. The van der Waals surface area contributed by atoms with Gasteiger partial charge in [0, 0.05) is 37.7 Å². The summed E-state index contributed by atoms with van der Waals surface area (Å²) in [4.78, 5) is 17.2. The average Bonchev–Trinajstić information content (AvgIpc) is 2.75. The SMILES string of the molecule is Cc1cc(N(C)Cc2nccn2C)ccc1C=O. The maximum Gasteiger partial charge on any atom is 0.150 e. The van der Waals surface area contributed by atoms with E-state index < -0.39 is 0 Å². The first kappa shape index (κ1) is 12.4. The molecule has 0 N–H and O–H groups in total. The van der Waals surface area contributed by atoms with Crippen LogP contribution in [-0.2, 0) is 13.6 Å². The average molecular weight is 243 g/mol. The van der Waals surface area contributed by atoms with Crippen LogP contribution in [0.3, 0.4) is 0 Å². The van der Waals surface area contributed by atoms with Gasteiger partial charge >= 0.3 is 0 Å². The molecule has 2 rings (SSSR count). The standard InChI is InChI=1S/C14H17N3O/c1-11-8-13(5-4-12(11)10-18)17(3)9-14-15-6-7-16(14)2/h4-8,10H,9H2,1-3H3. The zero-order chi connectivity index (χ0) is 13.1. The van der Waals surface area contributed by atoms with Gasteiger partial charge in [-0.1, -0.05) is 0 Å². The van der Waals surface area contributed by atoms with Gasteiger partial charge in [-0.3, -0.25) is 4.79 Å². The number of carbonyl (C=O) groups is 1. The van der Waals surface area contributed by atoms with Crippen molar-refractivity contribution in [3.05, 3.63) is 47.5 Å². The fraction of sp³-hybridized carbons (Fsp3) is 0.286. The van der Waals surface area contributed by atoms with Gasteiger partial charge in [-0.25, -0.2) is 4.98 Å². The predicted molar refractivity (Wildman–Crippen MR) is 71.9 cm³/mol. The topological polar surface area (TPSA) is 38.1 Å². The van der Waals surface area contributed by atoms with Crippen molar-refractivity contribution in [1.82, 2.24) is 9.55 Å². The minimum atomic E-state index is 0.739. The Labute approximate surface area is 107 Å². The molecule has 0 aliphatic heterocycles. The van der Waals surface area contributed by atoms with Crippen LogP contribution in [0.15, 0.2) is 30.6 Å². The second-order valence-corrected chi connectivity index (χ2v) is 4.47. The highest BCUT2D eigenvalue weighted by molar-refractivity contribution is 5.78. The molecule has 0 aliphatic rings. The molecule has 1 aromatic heterocycles. The van der Waals surface area contributed by atoms with E-state index in [2.05, 4.69) is 9.88 Å². The van der Waals surface area contributed by atoms with Gasteiger partial charge in [-0.15, -0.1) is 0 Å². The lowest BCUT2D eigenvalue weighted by atomic mass is 10.1. The lowest BCUT2D eigenvalue weighted by molar-refractivity contribution is 0.112. The number of aromatic nitrogens is 2. The largest absolute Gasteiger partial charge is 0.367 e. The first-order chi connectivity index (χ1) is 8.61. The normalized spacial score (nSPS) is 10.4. The Morgan fingerprint density at radius 2 is 2.22 bits per heavy atom. The monoisotopic (exact) mass is 243 g/mol. The van der Waals surface area contributed by atoms with Gasteiger partial charge in [0.15, 0.2) is 0 Å². The molecule has 0 saturated carbocycles. The van der Waals surface area contributed by atoms with Gasteiger partial charge in [0.2, 0.25) is 0 Å². The molecule has 0 fully saturated rings. The van der Waals surface area contributed by atoms with Crippen molar-refractivity contribution in [2.45, 2.75) is 13.5 Å². The molecule has 4 heteroatoms. The molecule has 0 radical (unpaired) electrons. The Morgan fingerprint density at radius 3 is 2.78 bits per heavy atom. The minimum absolute atomic E-state index is 0.739. The van der Waals surface area contributed by atoms with Crippen LogP contribution in [0.4, 0.5) is 5.69 Å². The zero-order valence-corrected chi connectivity index (χ0v) is 10.9. The molecule has 94 valence electrons. The van der Waals surface area contributed by atoms with Crippen LogP contribution in [0, 0.1) is 6.92 Å². The van der Waals surface area contributed by atoms with Crippen LogP contribution >= 0.6 is 0 Å². The summed E-state index contributed by atoms with van der Waals surface area (Å²) in [6.45, 7) is 2.69. The van der Waals surface area contributed by atoms with Crippen molar-refractivity contribution in [1.29, 1.82) is 0 Å². The van der Waals surface area contributed by atoms with Crippen LogP contribution in [-0.4, -0.2) is 22.9 Å². The number of aldehydes is 1. The van der Waals surface area contributed by atoms with Crippen molar-refractivity contribution in [2.75, 3.05) is 11.9 Å². The number of benzene rings is 1. The fourth-order valence-corrected chi connectivity index (χ4v) is 1.88. The third kappa shape index (κ3) is 2.42. The molecule has 0 unspecified atom stereocenters. The number of imidazole rings is 1. The summed E-state index contributed by atoms with van der Waals surface area (Å²) in [6.07, 6.45) is 4.62. The van der Waals surface area contributed by atoms with Gasteiger partial charge in [0.25, 0.3) is 0 Å². The summed E-state index contributed by atoms with van der Waals surface area (Å²) in [5, 5.41) is 0. The molecule has 2 aromatic rings. The highest BCUT2D eigenvalue weighted by Crippen LogP contribution is 2.18. The molecule has 0 saturated heterocycles. The van der Waals surface area contributed by atoms with E-state index in [1.54, 1.807) is 6.20 Å². The van der Waals surface area contributed by atoms with Gasteiger partial charge in [0.05, 0.1) is 6.54 Å². The predicted octanol–water partition coefficient (Wildman–Crippen LogP) is 2.18. The molecule has 0 aliphatic carbocycles. The second-order valence-electron chi connectivity index (χ2n) is 4.47. The Morgan fingerprint density at radius 1 is 1.44 bits per heavy atom. The van der Waals surface area contributed by atoms with Gasteiger partial charge in [-0.05, 0) is 30.7 Å². The maximum absolute atomic E-state index is 10.8. The van der Waals surface area contributed by atoms with E-state index >= 15 is 0 Å². The van der Waals surface area contributed by atoms with Crippen molar-refractivity contribution >= 4 is 12.0 Å². The van der Waals surface area contributed by atoms with Crippen molar-refractivity contribution in [2.24, 2.45) is 7.05 Å². The van der Waals surface area contributed by atoms with Crippen LogP contribution in [0.2, 0.25) is 0 Å². The van der Waals surface area contributed by atoms with E-state index in [4.69, 9.17) is 0 Å². The fourth-order valence-electron chi connectivity index (χ4n) is 1.88. The second kappa shape index (κ2) is 5.04. The number of anilines is 1. The molecular weight excluding hydrogens is 226 g/mol. The minimum Gasteiger partial charge on any atom is -0.367 e. The van der Waals surface area contributed by atoms with Crippen LogP contribution in [0.25, 0.3) is 0 Å². The Bertz CT molecular complexity index is 560. The number of carbonyl (C=O) groups excluding carboxylic acids is 1. The van der Waals surface area contributed by atoms with E-state index in [1.807, 2.05) is 50.0 Å². The van der Waals surface area contributed by atoms with Crippen molar-refractivity contribution in [3.63, 3.8) is 0 Å². The molecule has 1 aromatic carbocycles. The van der Waals surface area contributed by atoms with Crippen molar-refractivity contribution < 1.29 is 4.79 Å². The number of hydrogen-bond acceptors (Lipinski definition) is 3. The van der Waals surface area contributed by atoms with E-state index in [1.165, 1.54) is 0 Å².